The maximum absolute atomic E-state index is 5.87. The fourth-order valence-electron chi connectivity index (χ4n) is 2.56. The van der Waals surface area contributed by atoms with Gasteiger partial charge < -0.3 is 15.4 Å². The van der Waals surface area contributed by atoms with Gasteiger partial charge in [0, 0.05) is 24.4 Å². The van der Waals surface area contributed by atoms with E-state index in [9.17, 15) is 0 Å². The predicted molar refractivity (Wildman–Crippen MR) is 135 cm³/mol. The van der Waals surface area contributed by atoms with Gasteiger partial charge in [0.25, 0.3) is 0 Å². The number of aliphatic imine (C=N–C) groups is 1. The van der Waals surface area contributed by atoms with Crippen LogP contribution in [0.1, 0.15) is 54.4 Å². The molecule has 0 aliphatic carbocycles. The third-order valence-electron chi connectivity index (χ3n) is 4.13. The Morgan fingerprint density at radius 3 is 2.52 bits per heavy atom. The molecule has 2 N–H and O–H groups in total. The highest BCUT2D eigenvalue weighted by Gasteiger charge is 2.10. The number of rotatable bonds is 8. The van der Waals surface area contributed by atoms with Crippen molar-refractivity contribution >= 4 is 41.3 Å². The van der Waals surface area contributed by atoms with E-state index in [4.69, 9.17) is 9.73 Å². The summed E-state index contributed by atoms with van der Waals surface area (Å²) in [6, 6.07) is 8.44. The number of hydrogen-bond donors (Lipinski definition) is 2. The van der Waals surface area contributed by atoms with Crippen molar-refractivity contribution in [2.75, 3.05) is 13.1 Å². The Bertz CT molecular complexity index is 764. The van der Waals surface area contributed by atoms with Crippen LogP contribution in [0.4, 0.5) is 0 Å². The van der Waals surface area contributed by atoms with Crippen molar-refractivity contribution in [2.45, 2.75) is 66.7 Å². The molecule has 0 unspecified atom stereocenters. The summed E-state index contributed by atoms with van der Waals surface area (Å²) in [5.41, 5.74) is 3.36. The largest absolute Gasteiger partial charge is 0.371 e. The van der Waals surface area contributed by atoms with Crippen LogP contribution in [-0.4, -0.2) is 29.6 Å². The molecule has 5 nitrogen and oxygen atoms in total. The van der Waals surface area contributed by atoms with Crippen molar-refractivity contribution in [3.8, 4) is 0 Å². The molecule has 0 saturated carbocycles. The van der Waals surface area contributed by atoms with E-state index in [1.807, 2.05) is 0 Å². The zero-order chi connectivity index (χ0) is 20.6. The molecule has 2 rings (SSSR count). The molecule has 0 fully saturated rings. The van der Waals surface area contributed by atoms with Crippen LogP contribution in [0.15, 0.2) is 29.3 Å². The Hall–Kier alpha value is -1.19. The van der Waals surface area contributed by atoms with Gasteiger partial charge in [-0.05, 0) is 52.7 Å². The van der Waals surface area contributed by atoms with Crippen LogP contribution >= 0.6 is 35.3 Å². The van der Waals surface area contributed by atoms with Gasteiger partial charge in [-0.1, -0.05) is 24.3 Å². The molecule has 0 atom stereocenters. The normalized spacial score (nSPS) is 11.9. The van der Waals surface area contributed by atoms with Crippen LogP contribution in [0.5, 0.6) is 0 Å². The number of aryl methyl sites for hydroxylation is 2. The highest BCUT2D eigenvalue weighted by molar-refractivity contribution is 14.0. The Balaban J connectivity index is 0.00000420. The van der Waals surface area contributed by atoms with Crippen LogP contribution in [0.2, 0.25) is 0 Å². The molecule has 0 aliphatic rings. The summed E-state index contributed by atoms with van der Waals surface area (Å²) >= 11 is 1.77. The Morgan fingerprint density at radius 2 is 1.90 bits per heavy atom. The second-order valence-electron chi connectivity index (χ2n) is 7.84. The summed E-state index contributed by atoms with van der Waals surface area (Å²) in [4.78, 5) is 10.6. The van der Waals surface area contributed by atoms with Gasteiger partial charge >= 0.3 is 0 Å². The molecular weight excluding hydrogens is 495 g/mol. The summed E-state index contributed by atoms with van der Waals surface area (Å²) in [6.45, 7) is 15.4. The minimum absolute atomic E-state index is 0. The number of aromatic nitrogens is 1. The molecule has 1 heterocycles. The van der Waals surface area contributed by atoms with Crippen LogP contribution < -0.4 is 10.6 Å². The maximum Gasteiger partial charge on any atom is 0.191 e. The van der Waals surface area contributed by atoms with E-state index in [1.54, 1.807) is 11.3 Å². The van der Waals surface area contributed by atoms with Crippen LogP contribution in [0, 0.1) is 13.8 Å². The molecule has 0 spiro atoms. The Morgan fingerprint density at radius 1 is 1.17 bits per heavy atom. The van der Waals surface area contributed by atoms with Gasteiger partial charge in [-0.3, -0.25) is 0 Å². The lowest BCUT2D eigenvalue weighted by atomic mass is 10.1. The SMILES string of the molecule is CCNC(=NCc1cccc(COC(C)(C)C)c1)NCCc1nc(C)c(C)s1.I. The molecule has 0 radical (unpaired) electrons. The highest BCUT2D eigenvalue weighted by atomic mass is 127. The number of guanidine groups is 1. The van der Waals surface area contributed by atoms with Gasteiger partial charge in [0.15, 0.2) is 5.96 Å². The lowest BCUT2D eigenvalue weighted by molar-refractivity contribution is -0.0149. The Labute approximate surface area is 196 Å². The van der Waals surface area contributed by atoms with Crippen molar-refractivity contribution in [2.24, 2.45) is 4.99 Å². The monoisotopic (exact) mass is 530 g/mol. The molecule has 7 heteroatoms. The summed E-state index contributed by atoms with van der Waals surface area (Å²) in [5.74, 6) is 0.837. The smallest absolute Gasteiger partial charge is 0.191 e. The minimum Gasteiger partial charge on any atom is -0.371 e. The highest BCUT2D eigenvalue weighted by Crippen LogP contribution is 2.16. The van der Waals surface area contributed by atoms with E-state index in [-0.39, 0.29) is 29.6 Å². The number of nitrogens with zero attached hydrogens (tertiary/aromatic N) is 2. The number of ether oxygens (including phenoxy) is 1. The summed E-state index contributed by atoms with van der Waals surface area (Å²) in [5, 5.41) is 7.89. The number of halogens is 1. The van der Waals surface area contributed by atoms with Gasteiger partial charge in [0.2, 0.25) is 0 Å². The standard InChI is InChI=1S/C22H34N4OS.HI/c1-7-23-21(24-12-11-20-26-16(2)17(3)28-20)25-14-18-9-8-10-19(13-18)15-27-22(4,5)6;/h8-10,13H,7,11-12,14-15H2,1-6H3,(H2,23,24,25);1H. The van der Waals surface area contributed by atoms with Gasteiger partial charge in [0.05, 0.1) is 29.5 Å². The molecule has 0 saturated heterocycles. The van der Waals surface area contributed by atoms with Gasteiger partial charge in [-0.25, -0.2) is 9.98 Å². The van der Waals surface area contributed by atoms with E-state index in [0.717, 1.165) is 31.2 Å². The van der Waals surface area contributed by atoms with Crippen molar-refractivity contribution in [1.29, 1.82) is 0 Å². The van der Waals surface area contributed by atoms with Gasteiger partial charge in [-0.15, -0.1) is 35.3 Å². The molecule has 29 heavy (non-hydrogen) atoms. The average molecular weight is 531 g/mol. The first-order chi connectivity index (χ1) is 13.3. The van der Waals surface area contributed by atoms with E-state index >= 15 is 0 Å². The van der Waals surface area contributed by atoms with Crippen molar-refractivity contribution in [3.05, 3.63) is 51.0 Å². The molecule has 2 aromatic rings. The maximum atomic E-state index is 5.87. The average Bonchev–Trinajstić information content (AvgIpc) is 2.95. The molecule has 1 aromatic carbocycles. The van der Waals surface area contributed by atoms with Crippen molar-refractivity contribution in [3.63, 3.8) is 0 Å². The number of thiazole rings is 1. The van der Waals surface area contributed by atoms with Crippen molar-refractivity contribution < 1.29 is 4.74 Å². The molecular formula is C22H35IN4OS. The number of hydrogen-bond acceptors (Lipinski definition) is 4. The first kappa shape index (κ1) is 25.8. The Kier molecular flexibility index (Phi) is 11.1. The summed E-state index contributed by atoms with van der Waals surface area (Å²) < 4.78 is 5.87. The van der Waals surface area contributed by atoms with Crippen LogP contribution in [-0.2, 0) is 24.3 Å². The lowest BCUT2D eigenvalue weighted by Crippen LogP contribution is -2.38. The summed E-state index contributed by atoms with van der Waals surface area (Å²) in [7, 11) is 0. The molecule has 1 aromatic heterocycles. The second-order valence-corrected chi connectivity index (χ2v) is 9.13. The second kappa shape index (κ2) is 12.5. The zero-order valence-electron chi connectivity index (χ0n) is 18.5. The number of benzene rings is 1. The quantitative estimate of drug-likeness (QED) is 0.287. The zero-order valence-corrected chi connectivity index (χ0v) is 21.6. The first-order valence-corrected chi connectivity index (χ1v) is 10.8. The first-order valence-electron chi connectivity index (χ1n) is 9.93. The fourth-order valence-corrected chi connectivity index (χ4v) is 3.50. The van der Waals surface area contributed by atoms with Crippen LogP contribution in [0.3, 0.4) is 0 Å². The minimum atomic E-state index is -0.134. The fraction of sp³-hybridized carbons (Fsp3) is 0.545. The lowest BCUT2D eigenvalue weighted by Gasteiger charge is -2.19. The summed E-state index contributed by atoms with van der Waals surface area (Å²) in [6.07, 6.45) is 0.906. The molecule has 0 bridgehead atoms. The molecule has 162 valence electrons. The van der Waals surface area contributed by atoms with Crippen molar-refractivity contribution in [1.82, 2.24) is 15.6 Å². The van der Waals surface area contributed by atoms with Gasteiger partial charge in [0.1, 0.15) is 0 Å². The number of nitrogens with one attached hydrogen (secondary N) is 2. The molecule has 0 aliphatic heterocycles. The van der Waals surface area contributed by atoms with E-state index in [0.29, 0.717) is 13.2 Å². The van der Waals surface area contributed by atoms with Gasteiger partial charge in [-0.2, -0.15) is 0 Å². The van der Waals surface area contributed by atoms with E-state index in [1.165, 1.54) is 21.0 Å². The van der Waals surface area contributed by atoms with E-state index < -0.39 is 0 Å². The predicted octanol–water partition coefficient (Wildman–Crippen LogP) is 4.99. The topological polar surface area (TPSA) is 58.5 Å². The molecule has 0 amide bonds. The van der Waals surface area contributed by atoms with E-state index in [2.05, 4.69) is 81.4 Å². The van der Waals surface area contributed by atoms with Crippen LogP contribution in [0.25, 0.3) is 0 Å². The third-order valence-corrected chi connectivity index (χ3v) is 5.26. The third kappa shape index (κ3) is 9.91.